The van der Waals surface area contributed by atoms with Crippen LogP contribution in [0, 0.1) is 5.92 Å². The van der Waals surface area contributed by atoms with Gasteiger partial charge in [0, 0.05) is 19.1 Å². The van der Waals surface area contributed by atoms with Gasteiger partial charge in [-0.25, -0.2) is 0 Å². The first-order chi connectivity index (χ1) is 7.20. The SMILES string of the molecule is CNC1CCN(C(=O)C2COC(C)C2)C1. The Morgan fingerprint density at radius 3 is 2.87 bits per heavy atom. The number of amides is 1. The molecule has 0 aromatic heterocycles. The first-order valence-corrected chi connectivity index (χ1v) is 5.78. The molecule has 4 heteroatoms. The lowest BCUT2D eigenvalue weighted by molar-refractivity contribution is -0.134. The summed E-state index contributed by atoms with van der Waals surface area (Å²) in [5.74, 6) is 0.396. The molecule has 15 heavy (non-hydrogen) atoms. The van der Waals surface area contributed by atoms with Gasteiger partial charge >= 0.3 is 0 Å². The van der Waals surface area contributed by atoms with Crippen molar-refractivity contribution in [3.8, 4) is 0 Å². The van der Waals surface area contributed by atoms with E-state index in [1.165, 1.54) is 0 Å². The standard InChI is InChI=1S/C11H20N2O2/c1-8-5-9(7-15-8)11(14)13-4-3-10(6-13)12-2/h8-10,12H,3-7H2,1-2H3. The topological polar surface area (TPSA) is 41.6 Å². The zero-order chi connectivity index (χ0) is 10.8. The van der Waals surface area contributed by atoms with Gasteiger partial charge in [-0.15, -0.1) is 0 Å². The maximum absolute atomic E-state index is 12.1. The van der Waals surface area contributed by atoms with Gasteiger partial charge in [-0.05, 0) is 26.8 Å². The first kappa shape index (κ1) is 10.9. The van der Waals surface area contributed by atoms with E-state index >= 15 is 0 Å². The summed E-state index contributed by atoms with van der Waals surface area (Å²) in [6.45, 7) is 4.41. The summed E-state index contributed by atoms with van der Waals surface area (Å²) in [6, 6.07) is 0.480. The van der Waals surface area contributed by atoms with Crippen molar-refractivity contribution in [3.05, 3.63) is 0 Å². The highest BCUT2D eigenvalue weighted by atomic mass is 16.5. The summed E-state index contributed by atoms with van der Waals surface area (Å²) in [6.07, 6.45) is 2.21. The molecule has 2 heterocycles. The maximum atomic E-state index is 12.1. The Morgan fingerprint density at radius 2 is 2.33 bits per heavy atom. The lowest BCUT2D eigenvalue weighted by atomic mass is 10.1. The Balaban J connectivity index is 1.86. The van der Waals surface area contributed by atoms with Gasteiger partial charge in [-0.2, -0.15) is 0 Å². The largest absolute Gasteiger partial charge is 0.378 e. The van der Waals surface area contributed by atoms with Gasteiger partial charge in [0.05, 0.1) is 18.6 Å². The number of likely N-dealkylation sites (N-methyl/N-ethyl adjacent to an activating group) is 1. The van der Waals surface area contributed by atoms with Gasteiger partial charge in [0.1, 0.15) is 0 Å². The molecule has 0 spiro atoms. The van der Waals surface area contributed by atoms with E-state index in [4.69, 9.17) is 4.74 Å². The molecule has 1 N–H and O–H groups in total. The fraction of sp³-hybridized carbons (Fsp3) is 0.909. The van der Waals surface area contributed by atoms with Crippen LogP contribution < -0.4 is 5.32 Å². The second-order valence-electron chi connectivity index (χ2n) is 4.64. The molecule has 2 aliphatic heterocycles. The molecule has 0 aliphatic carbocycles. The van der Waals surface area contributed by atoms with E-state index in [-0.39, 0.29) is 17.9 Å². The first-order valence-electron chi connectivity index (χ1n) is 5.78. The van der Waals surface area contributed by atoms with Gasteiger partial charge in [0.2, 0.25) is 5.91 Å². The minimum Gasteiger partial charge on any atom is -0.378 e. The molecule has 1 amide bonds. The van der Waals surface area contributed by atoms with Crippen molar-refractivity contribution in [3.63, 3.8) is 0 Å². The third-order valence-electron chi connectivity index (χ3n) is 3.46. The summed E-state index contributed by atoms with van der Waals surface area (Å²) in [7, 11) is 1.96. The minimum absolute atomic E-state index is 0.107. The molecule has 0 aromatic rings. The van der Waals surface area contributed by atoms with Crippen LogP contribution in [-0.4, -0.2) is 49.7 Å². The van der Waals surface area contributed by atoms with Crippen molar-refractivity contribution >= 4 is 5.91 Å². The highest BCUT2D eigenvalue weighted by molar-refractivity contribution is 5.79. The van der Waals surface area contributed by atoms with E-state index in [2.05, 4.69) is 5.32 Å². The smallest absolute Gasteiger partial charge is 0.228 e. The van der Waals surface area contributed by atoms with Crippen molar-refractivity contribution in [1.82, 2.24) is 10.2 Å². The van der Waals surface area contributed by atoms with Crippen molar-refractivity contribution < 1.29 is 9.53 Å². The molecular weight excluding hydrogens is 192 g/mol. The molecule has 86 valence electrons. The number of nitrogens with one attached hydrogen (secondary N) is 1. The predicted molar refractivity (Wildman–Crippen MR) is 57.6 cm³/mol. The van der Waals surface area contributed by atoms with Crippen LogP contribution in [0.5, 0.6) is 0 Å². The number of carbonyl (C=O) groups excluding carboxylic acids is 1. The van der Waals surface area contributed by atoms with Gasteiger partial charge in [0.15, 0.2) is 0 Å². The fourth-order valence-corrected chi connectivity index (χ4v) is 2.44. The molecular formula is C11H20N2O2. The molecule has 2 saturated heterocycles. The van der Waals surface area contributed by atoms with Crippen LogP contribution in [0.15, 0.2) is 0 Å². The third kappa shape index (κ3) is 2.32. The molecule has 3 atom stereocenters. The van der Waals surface area contributed by atoms with Gasteiger partial charge < -0.3 is 15.0 Å². The third-order valence-corrected chi connectivity index (χ3v) is 3.46. The lowest BCUT2D eigenvalue weighted by Crippen LogP contribution is -2.37. The van der Waals surface area contributed by atoms with Gasteiger partial charge in [0.25, 0.3) is 0 Å². The second kappa shape index (κ2) is 4.49. The Morgan fingerprint density at radius 1 is 1.53 bits per heavy atom. The number of likely N-dealkylation sites (tertiary alicyclic amines) is 1. The van der Waals surface area contributed by atoms with Crippen LogP contribution in [0.25, 0.3) is 0 Å². The molecule has 0 aromatic carbocycles. The Hall–Kier alpha value is -0.610. The van der Waals surface area contributed by atoms with Gasteiger partial charge in [-0.1, -0.05) is 0 Å². The van der Waals surface area contributed by atoms with E-state index in [0.29, 0.717) is 12.6 Å². The molecule has 0 bridgehead atoms. The molecule has 2 rings (SSSR count). The Labute approximate surface area is 91.0 Å². The monoisotopic (exact) mass is 212 g/mol. The van der Waals surface area contributed by atoms with Crippen molar-refractivity contribution in [2.75, 3.05) is 26.7 Å². The molecule has 0 saturated carbocycles. The number of hydrogen-bond donors (Lipinski definition) is 1. The zero-order valence-electron chi connectivity index (χ0n) is 9.53. The molecule has 4 nitrogen and oxygen atoms in total. The Kier molecular flexibility index (Phi) is 3.26. The van der Waals surface area contributed by atoms with Crippen LogP contribution in [0.3, 0.4) is 0 Å². The van der Waals surface area contributed by atoms with Crippen LogP contribution in [0.4, 0.5) is 0 Å². The lowest BCUT2D eigenvalue weighted by Gasteiger charge is -2.19. The number of hydrogen-bond acceptors (Lipinski definition) is 3. The predicted octanol–water partition coefficient (Wildman–Crippen LogP) is 0.232. The van der Waals surface area contributed by atoms with Crippen LogP contribution in [-0.2, 0) is 9.53 Å². The quantitative estimate of drug-likeness (QED) is 0.712. The molecule has 3 unspecified atom stereocenters. The second-order valence-corrected chi connectivity index (χ2v) is 4.64. The van der Waals surface area contributed by atoms with Crippen LogP contribution in [0.2, 0.25) is 0 Å². The number of carbonyl (C=O) groups is 1. The number of ether oxygens (including phenoxy) is 1. The summed E-state index contributed by atoms with van der Waals surface area (Å²) >= 11 is 0. The van der Waals surface area contributed by atoms with Crippen molar-refractivity contribution in [2.45, 2.75) is 31.9 Å². The molecule has 2 aliphatic rings. The van der Waals surface area contributed by atoms with Crippen molar-refractivity contribution in [2.24, 2.45) is 5.92 Å². The van der Waals surface area contributed by atoms with E-state index in [1.54, 1.807) is 0 Å². The van der Waals surface area contributed by atoms with E-state index in [1.807, 2.05) is 18.9 Å². The van der Waals surface area contributed by atoms with E-state index in [0.717, 1.165) is 25.9 Å². The summed E-state index contributed by atoms with van der Waals surface area (Å²) in [5, 5.41) is 3.22. The normalized spacial score (nSPS) is 36.1. The highest BCUT2D eigenvalue weighted by Crippen LogP contribution is 2.23. The van der Waals surface area contributed by atoms with Crippen LogP contribution >= 0.6 is 0 Å². The van der Waals surface area contributed by atoms with E-state index < -0.39 is 0 Å². The van der Waals surface area contributed by atoms with Crippen molar-refractivity contribution in [1.29, 1.82) is 0 Å². The molecule has 2 fully saturated rings. The van der Waals surface area contributed by atoms with E-state index in [9.17, 15) is 4.79 Å². The van der Waals surface area contributed by atoms with Gasteiger partial charge in [-0.3, -0.25) is 4.79 Å². The maximum Gasteiger partial charge on any atom is 0.228 e. The summed E-state index contributed by atoms with van der Waals surface area (Å²) in [4.78, 5) is 14.1. The summed E-state index contributed by atoms with van der Waals surface area (Å²) in [5.41, 5.74) is 0. The average Bonchev–Trinajstić information content (AvgIpc) is 2.84. The highest BCUT2D eigenvalue weighted by Gasteiger charge is 2.34. The summed E-state index contributed by atoms with van der Waals surface area (Å²) < 4.78 is 5.44. The average molecular weight is 212 g/mol. The minimum atomic E-state index is 0.107. The number of rotatable bonds is 2. The Bertz CT molecular complexity index is 245. The zero-order valence-corrected chi connectivity index (χ0v) is 9.53. The molecule has 0 radical (unpaired) electrons. The van der Waals surface area contributed by atoms with Crippen LogP contribution in [0.1, 0.15) is 19.8 Å². The number of nitrogens with zero attached hydrogens (tertiary/aromatic N) is 1. The fourth-order valence-electron chi connectivity index (χ4n) is 2.44.